The van der Waals surface area contributed by atoms with Crippen molar-refractivity contribution >= 4 is 16.6 Å². The van der Waals surface area contributed by atoms with Crippen LogP contribution in [0.25, 0.3) is 33.0 Å². The van der Waals surface area contributed by atoms with Gasteiger partial charge in [-0.1, -0.05) is 97.1 Å². The van der Waals surface area contributed by atoms with E-state index in [0.717, 1.165) is 44.2 Å². The van der Waals surface area contributed by atoms with Crippen LogP contribution >= 0.6 is 0 Å². The third-order valence-corrected chi connectivity index (χ3v) is 6.13. The van der Waals surface area contributed by atoms with Gasteiger partial charge in [0.25, 0.3) is 0 Å². The van der Waals surface area contributed by atoms with E-state index in [0.29, 0.717) is 11.4 Å². The Morgan fingerprint density at radius 3 is 2.17 bits per heavy atom. The van der Waals surface area contributed by atoms with Crippen molar-refractivity contribution in [3.63, 3.8) is 0 Å². The summed E-state index contributed by atoms with van der Waals surface area (Å²) >= 11 is 0. The molecule has 0 spiro atoms. The molecule has 4 N–H and O–H groups in total. The average Bonchev–Trinajstić information content (AvgIpc) is 2.93. The fourth-order valence-corrected chi connectivity index (χ4v) is 4.30. The molecule has 4 heteroatoms. The summed E-state index contributed by atoms with van der Waals surface area (Å²) in [4.78, 5) is 4.48. The number of nitrogens with zero attached hydrogens (tertiary/aromatic N) is 2. The largest absolute Gasteiger partial charge is 0.383 e. The first-order valence-corrected chi connectivity index (χ1v) is 11.4. The molecule has 168 valence electrons. The number of rotatable bonds is 5. The molecule has 5 aromatic carbocycles. The molecular weight excluding hydrogens is 428 g/mol. The van der Waals surface area contributed by atoms with E-state index in [-0.39, 0.29) is 0 Å². The number of hydrogen-bond donors (Lipinski definition) is 2. The Kier molecular flexibility index (Phi) is 6.09. The van der Waals surface area contributed by atoms with Crippen molar-refractivity contribution in [2.24, 2.45) is 16.5 Å². The molecule has 0 amide bonds. The first-order valence-electron chi connectivity index (χ1n) is 11.4. The van der Waals surface area contributed by atoms with Gasteiger partial charge in [0.1, 0.15) is 12.0 Å². The van der Waals surface area contributed by atoms with Crippen LogP contribution in [0, 0.1) is 11.3 Å². The lowest BCUT2D eigenvalue weighted by Gasteiger charge is -2.13. The molecule has 0 aliphatic carbocycles. The second-order valence-electron chi connectivity index (χ2n) is 8.35. The van der Waals surface area contributed by atoms with Crippen molar-refractivity contribution in [1.82, 2.24) is 0 Å². The average molecular weight is 453 g/mol. The molecule has 0 heterocycles. The number of aliphatic imine (C=N–C) groups is 1. The van der Waals surface area contributed by atoms with Crippen molar-refractivity contribution in [1.29, 1.82) is 5.26 Å². The van der Waals surface area contributed by atoms with Gasteiger partial charge in [-0.25, -0.2) is 4.99 Å². The molecule has 1 atom stereocenters. The van der Waals surface area contributed by atoms with Gasteiger partial charge in [-0.15, -0.1) is 0 Å². The number of benzene rings is 5. The standard InChI is InChI=1S/C31H24N4/c32-20-25-11-5-7-13-28(25)29-19-26(18-24-10-4-6-12-27(24)29)21-14-16-23(17-15-21)31(34)35-30(33)22-8-2-1-3-9-22/h1-19,31H,34H2,(H2,33,35). The Bertz CT molecular complexity index is 1560. The van der Waals surface area contributed by atoms with Gasteiger partial charge in [-0.2, -0.15) is 5.26 Å². The third-order valence-electron chi connectivity index (χ3n) is 6.13. The molecule has 0 aromatic heterocycles. The number of fused-ring (bicyclic) bond motifs is 1. The minimum atomic E-state index is -0.557. The summed E-state index contributed by atoms with van der Waals surface area (Å²) in [7, 11) is 0. The molecule has 4 nitrogen and oxygen atoms in total. The lowest BCUT2D eigenvalue weighted by atomic mass is 9.91. The van der Waals surface area contributed by atoms with E-state index in [1.54, 1.807) is 0 Å². The second-order valence-corrected chi connectivity index (χ2v) is 8.35. The maximum absolute atomic E-state index is 9.67. The predicted octanol–water partition coefficient (Wildman–Crippen LogP) is 6.41. The van der Waals surface area contributed by atoms with Gasteiger partial charge in [0.15, 0.2) is 0 Å². The molecule has 0 aliphatic heterocycles. The highest BCUT2D eigenvalue weighted by Crippen LogP contribution is 2.35. The Balaban J connectivity index is 1.52. The second kappa shape index (κ2) is 9.64. The monoisotopic (exact) mass is 452 g/mol. The number of hydrogen-bond acceptors (Lipinski definition) is 3. The Labute approximate surface area is 204 Å². The Hall–Kier alpha value is -4.72. The third kappa shape index (κ3) is 4.54. The Morgan fingerprint density at radius 2 is 1.40 bits per heavy atom. The summed E-state index contributed by atoms with van der Waals surface area (Å²) in [5.74, 6) is 0.414. The van der Waals surface area contributed by atoms with Crippen LogP contribution in [0.1, 0.15) is 22.9 Å². The molecule has 0 fully saturated rings. The number of amidine groups is 1. The van der Waals surface area contributed by atoms with E-state index in [2.05, 4.69) is 35.3 Å². The van der Waals surface area contributed by atoms with Crippen LogP contribution in [0.15, 0.2) is 120 Å². The zero-order valence-corrected chi connectivity index (χ0v) is 19.1. The van der Waals surface area contributed by atoms with E-state index < -0.39 is 6.17 Å². The quantitative estimate of drug-likeness (QED) is 0.239. The topological polar surface area (TPSA) is 88.2 Å². The summed E-state index contributed by atoms with van der Waals surface area (Å²) < 4.78 is 0. The van der Waals surface area contributed by atoms with Gasteiger partial charge >= 0.3 is 0 Å². The van der Waals surface area contributed by atoms with E-state index in [9.17, 15) is 5.26 Å². The molecule has 5 rings (SSSR count). The summed E-state index contributed by atoms with van der Waals surface area (Å²) in [5, 5.41) is 11.9. The molecule has 0 bridgehead atoms. The highest BCUT2D eigenvalue weighted by atomic mass is 15.0. The zero-order chi connectivity index (χ0) is 24.2. The van der Waals surface area contributed by atoms with Crippen molar-refractivity contribution in [3.8, 4) is 28.3 Å². The Morgan fingerprint density at radius 1 is 0.714 bits per heavy atom. The first-order chi connectivity index (χ1) is 17.1. The minimum absolute atomic E-state index is 0.414. The normalized spacial score (nSPS) is 12.3. The lowest BCUT2D eigenvalue weighted by Crippen LogP contribution is -2.18. The summed E-state index contributed by atoms with van der Waals surface area (Å²) in [6.45, 7) is 0. The predicted molar refractivity (Wildman–Crippen MR) is 144 cm³/mol. The van der Waals surface area contributed by atoms with Gasteiger partial charge in [-0.05, 0) is 51.2 Å². The highest BCUT2D eigenvalue weighted by molar-refractivity contribution is 6.01. The SMILES string of the molecule is N#Cc1ccccc1-c1cc(-c2ccc(C(N)N=C(N)c3ccccc3)cc2)cc2ccccc12. The highest BCUT2D eigenvalue weighted by Gasteiger charge is 2.12. The lowest BCUT2D eigenvalue weighted by molar-refractivity contribution is 0.775. The van der Waals surface area contributed by atoms with E-state index in [4.69, 9.17) is 11.5 Å². The van der Waals surface area contributed by atoms with Gasteiger partial charge in [0, 0.05) is 11.1 Å². The fraction of sp³-hybridized carbons (Fsp3) is 0.0323. The van der Waals surface area contributed by atoms with Gasteiger partial charge in [-0.3, -0.25) is 0 Å². The molecule has 35 heavy (non-hydrogen) atoms. The first kappa shape index (κ1) is 22.1. The van der Waals surface area contributed by atoms with E-state index >= 15 is 0 Å². The molecule has 0 saturated heterocycles. The molecule has 0 aliphatic rings. The molecule has 5 aromatic rings. The van der Waals surface area contributed by atoms with Gasteiger partial charge in [0.2, 0.25) is 0 Å². The van der Waals surface area contributed by atoms with E-state index in [1.807, 2.05) is 91.0 Å². The molecular formula is C31H24N4. The van der Waals surface area contributed by atoms with Crippen LogP contribution in [0.4, 0.5) is 0 Å². The number of nitriles is 1. The summed E-state index contributed by atoms with van der Waals surface area (Å²) in [6.07, 6.45) is -0.557. The van der Waals surface area contributed by atoms with Crippen molar-refractivity contribution in [3.05, 3.63) is 132 Å². The van der Waals surface area contributed by atoms with Crippen LogP contribution in [-0.2, 0) is 0 Å². The summed E-state index contributed by atoms with van der Waals surface area (Å²) in [5.41, 5.74) is 19.0. The minimum Gasteiger partial charge on any atom is -0.383 e. The number of nitrogens with two attached hydrogens (primary N) is 2. The molecule has 1 unspecified atom stereocenters. The summed E-state index contributed by atoms with van der Waals surface area (Å²) in [6, 6.07) is 40.3. The van der Waals surface area contributed by atoms with Crippen LogP contribution in [0.2, 0.25) is 0 Å². The van der Waals surface area contributed by atoms with Gasteiger partial charge in [0.05, 0.1) is 11.6 Å². The van der Waals surface area contributed by atoms with Crippen LogP contribution in [0.3, 0.4) is 0 Å². The van der Waals surface area contributed by atoms with Gasteiger partial charge < -0.3 is 11.5 Å². The zero-order valence-electron chi connectivity index (χ0n) is 19.1. The smallest absolute Gasteiger partial charge is 0.127 e. The van der Waals surface area contributed by atoms with Crippen molar-refractivity contribution in [2.75, 3.05) is 0 Å². The van der Waals surface area contributed by atoms with Crippen LogP contribution in [0.5, 0.6) is 0 Å². The van der Waals surface area contributed by atoms with Crippen LogP contribution in [-0.4, -0.2) is 5.84 Å². The molecule has 0 saturated carbocycles. The molecule has 0 radical (unpaired) electrons. The fourth-order valence-electron chi connectivity index (χ4n) is 4.30. The van der Waals surface area contributed by atoms with E-state index in [1.165, 1.54) is 0 Å². The maximum Gasteiger partial charge on any atom is 0.127 e. The van der Waals surface area contributed by atoms with Crippen molar-refractivity contribution < 1.29 is 0 Å². The van der Waals surface area contributed by atoms with Crippen LogP contribution < -0.4 is 11.5 Å². The van der Waals surface area contributed by atoms with Crippen molar-refractivity contribution in [2.45, 2.75) is 6.17 Å². The maximum atomic E-state index is 9.67.